The molecule has 0 aliphatic carbocycles. The fraction of sp³-hybridized carbons (Fsp3) is 0.118. The van der Waals surface area contributed by atoms with E-state index in [-0.39, 0.29) is 10.2 Å². The zero-order valence-corrected chi connectivity index (χ0v) is 17.4. The van der Waals surface area contributed by atoms with Crippen LogP contribution in [0.3, 0.4) is 0 Å². The zero-order chi connectivity index (χ0) is 22.1. The first kappa shape index (κ1) is 22.0. The fourth-order valence-electron chi connectivity index (χ4n) is 2.33. The van der Waals surface area contributed by atoms with Gasteiger partial charge < -0.3 is 0 Å². The number of nitrogens with zero attached hydrogens (tertiary/aromatic N) is 2. The molecule has 3 rings (SSSR count). The molecule has 1 aromatic heterocycles. The number of benzene rings is 2. The Balaban J connectivity index is 1.81. The van der Waals surface area contributed by atoms with Gasteiger partial charge >= 0.3 is 6.18 Å². The van der Waals surface area contributed by atoms with Crippen LogP contribution < -0.4 is 10.0 Å². The standard InChI is InChI=1S/C17H12ClF3N4O3S2/c1-9-4-2-3-5-11(9)14(26)22-15-23-24-16(29-15)30(27,28)25-13-8-10(17(19,20)21)6-7-12(13)18/h2-8,25H,1H3,(H,22,23,26). The summed E-state index contributed by atoms with van der Waals surface area (Å²) in [6.07, 6.45) is -4.68. The number of anilines is 2. The number of sulfonamides is 1. The lowest BCUT2D eigenvalue weighted by atomic mass is 10.1. The predicted octanol–water partition coefficient (Wildman–Crippen LogP) is 4.57. The molecule has 2 aromatic carbocycles. The summed E-state index contributed by atoms with van der Waals surface area (Å²) in [4.78, 5) is 12.3. The molecule has 0 saturated carbocycles. The number of aryl methyl sites for hydroxylation is 1. The van der Waals surface area contributed by atoms with Crippen molar-refractivity contribution in [3.8, 4) is 0 Å². The zero-order valence-electron chi connectivity index (χ0n) is 15.0. The minimum absolute atomic E-state index is 0.0984. The van der Waals surface area contributed by atoms with E-state index in [0.717, 1.165) is 12.1 Å². The van der Waals surface area contributed by atoms with Crippen LogP contribution in [0.2, 0.25) is 5.02 Å². The highest BCUT2D eigenvalue weighted by atomic mass is 35.5. The third kappa shape index (κ3) is 4.89. The number of rotatable bonds is 5. The topological polar surface area (TPSA) is 101 Å². The van der Waals surface area contributed by atoms with Gasteiger partial charge in [-0.3, -0.25) is 14.8 Å². The summed E-state index contributed by atoms with van der Waals surface area (Å²) >= 11 is 6.35. The fourth-order valence-corrected chi connectivity index (χ4v) is 4.52. The van der Waals surface area contributed by atoms with Gasteiger partial charge in [0.05, 0.1) is 16.3 Å². The van der Waals surface area contributed by atoms with Crippen molar-refractivity contribution in [2.45, 2.75) is 17.4 Å². The Bertz CT molecular complexity index is 1210. The van der Waals surface area contributed by atoms with E-state index in [1.807, 2.05) is 4.72 Å². The number of aromatic nitrogens is 2. The summed E-state index contributed by atoms with van der Waals surface area (Å²) in [5.41, 5.74) is -0.473. The number of nitrogens with one attached hydrogen (secondary N) is 2. The smallest absolute Gasteiger partial charge is 0.296 e. The van der Waals surface area contributed by atoms with Crippen LogP contribution in [-0.4, -0.2) is 24.5 Å². The molecule has 0 aliphatic rings. The lowest BCUT2D eigenvalue weighted by Gasteiger charge is -2.11. The Morgan fingerprint density at radius 3 is 2.50 bits per heavy atom. The molecular weight excluding hydrogens is 465 g/mol. The molecule has 0 aliphatic heterocycles. The largest absolute Gasteiger partial charge is 0.416 e. The summed E-state index contributed by atoms with van der Waals surface area (Å²) in [5.74, 6) is -0.512. The first-order chi connectivity index (χ1) is 14.0. The van der Waals surface area contributed by atoms with Crippen molar-refractivity contribution < 1.29 is 26.4 Å². The Hall–Kier alpha value is -2.70. The van der Waals surface area contributed by atoms with Crippen LogP contribution in [0.4, 0.5) is 24.0 Å². The minimum Gasteiger partial charge on any atom is -0.296 e. The van der Waals surface area contributed by atoms with Gasteiger partial charge in [-0.05, 0) is 36.8 Å². The van der Waals surface area contributed by atoms with Crippen molar-refractivity contribution in [1.82, 2.24) is 10.2 Å². The number of alkyl halides is 3. The van der Waals surface area contributed by atoms with E-state index in [2.05, 4.69) is 15.5 Å². The Kier molecular flexibility index (Phi) is 6.01. The van der Waals surface area contributed by atoms with Gasteiger partial charge in [0.15, 0.2) is 0 Å². The molecule has 0 unspecified atom stereocenters. The van der Waals surface area contributed by atoms with Gasteiger partial charge in [-0.1, -0.05) is 41.1 Å². The first-order valence-electron chi connectivity index (χ1n) is 8.07. The van der Waals surface area contributed by atoms with Crippen LogP contribution in [0.25, 0.3) is 0 Å². The molecule has 7 nitrogen and oxygen atoms in total. The average Bonchev–Trinajstić information content (AvgIpc) is 3.12. The molecule has 0 atom stereocenters. The van der Waals surface area contributed by atoms with E-state index in [0.29, 0.717) is 28.5 Å². The van der Waals surface area contributed by atoms with Gasteiger partial charge in [0.1, 0.15) is 0 Å². The second kappa shape index (κ2) is 8.20. The van der Waals surface area contributed by atoms with Crippen molar-refractivity contribution in [2.24, 2.45) is 0 Å². The highest BCUT2D eigenvalue weighted by Crippen LogP contribution is 2.35. The van der Waals surface area contributed by atoms with Gasteiger partial charge in [-0.2, -0.15) is 21.6 Å². The molecule has 0 saturated heterocycles. The first-order valence-corrected chi connectivity index (χ1v) is 10.8. The SMILES string of the molecule is Cc1ccccc1C(=O)Nc1nnc(S(=O)(=O)Nc2cc(C(F)(F)F)ccc2Cl)s1. The Morgan fingerprint density at radius 1 is 1.13 bits per heavy atom. The van der Waals surface area contributed by atoms with Gasteiger partial charge in [-0.15, -0.1) is 10.2 Å². The Morgan fingerprint density at radius 2 is 1.83 bits per heavy atom. The maximum Gasteiger partial charge on any atom is 0.416 e. The molecular formula is C17H12ClF3N4O3S2. The van der Waals surface area contributed by atoms with Crippen molar-refractivity contribution >= 4 is 49.7 Å². The molecule has 13 heteroatoms. The van der Waals surface area contributed by atoms with Gasteiger partial charge in [0, 0.05) is 5.56 Å². The Labute approximate surface area is 178 Å². The quantitative estimate of drug-likeness (QED) is 0.525. The molecule has 2 N–H and O–H groups in total. The normalized spacial score (nSPS) is 11.9. The summed E-state index contributed by atoms with van der Waals surface area (Å²) in [6, 6.07) is 8.96. The minimum atomic E-state index is -4.68. The van der Waals surface area contributed by atoms with Crippen molar-refractivity contribution in [3.05, 3.63) is 64.2 Å². The van der Waals surface area contributed by atoms with E-state index >= 15 is 0 Å². The third-order valence-corrected chi connectivity index (χ3v) is 6.69. The monoisotopic (exact) mass is 476 g/mol. The van der Waals surface area contributed by atoms with E-state index in [1.54, 1.807) is 31.2 Å². The van der Waals surface area contributed by atoms with Gasteiger partial charge in [0.25, 0.3) is 20.3 Å². The van der Waals surface area contributed by atoms with E-state index in [4.69, 9.17) is 11.6 Å². The molecule has 0 radical (unpaired) electrons. The molecule has 0 spiro atoms. The van der Waals surface area contributed by atoms with E-state index in [1.165, 1.54) is 0 Å². The summed E-state index contributed by atoms with van der Waals surface area (Å²) in [7, 11) is -4.39. The van der Waals surface area contributed by atoms with E-state index < -0.39 is 37.7 Å². The third-order valence-electron chi connectivity index (χ3n) is 3.78. The number of amides is 1. The van der Waals surface area contributed by atoms with Gasteiger partial charge in [0.2, 0.25) is 5.13 Å². The lowest BCUT2D eigenvalue weighted by molar-refractivity contribution is -0.137. The number of hydrogen-bond donors (Lipinski definition) is 2. The highest BCUT2D eigenvalue weighted by Gasteiger charge is 2.32. The average molecular weight is 477 g/mol. The van der Waals surface area contributed by atoms with E-state index in [9.17, 15) is 26.4 Å². The van der Waals surface area contributed by atoms with Gasteiger partial charge in [-0.25, -0.2) is 0 Å². The molecule has 1 amide bonds. The van der Waals surface area contributed by atoms with Crippen molar-refractivity contribution in [3.63, 3.8) is 0 Å². The molecule has 0 bridgehead atoms. The van der Waals surface area contributed by atoms with Crippen LogP contribution in [0.1, 0.15) is 21.5 Å². The predicted molar refractivity (Wildman–Crippen MR) is 106 cm³/mol. The summed E-state index contributed by atoms with van der Waals surface area (Å²) < 4.78 is 65.0. The molecule has 30 heavy (non-hydrogen) atoms. The van der Waals surface area contributed by atoms with Crippen molar-refractivity contribution in [1.29, 1.82) is 0 Å². The van der Waals surface area contributed by atoms with Crippen molar-refractivity contribution in [2.75, 3.05) is 10.0 Å². The van der Waals surface area contributed by atoms with Crippen LogP contribution >= 0.6 is 22.9 Å². The number of halogens is 4. The number of hydrogen-bond acceptors (Lipinski definition) is 6. The second-order valence-corrected chi connectivity index (χ2v) is 9.18. The number of carbonyl (C=O) groups excluding carboxylic acids is 1. The van der Waals surface area contributed by atoms with Crippen LogP contribution in [0, 0.1) is 6.92 Å². The molecule has 1 heterocycles. The second-order valence-electron chi connectivity index (χ2n) is 5.94. The summed E-state index contributed by atoms with van der Waals surface area (Å²) in [5, 5.41) is 9.20. The molecule has 0 fully saturated rings. The number of carbonyl (C=O) groups is 1. The van der Waals surface area contributed by atoms with Crippen LogP contribution in [-0.2, 0) is 16.2 Å². The van der Waals surface area contributed by atoms with Crippen LogP contribution in [0.5, 0.6) is 0 Å². The van der Waals surface area contributed by atoms with Crippen LogP contribution in [0.15, 0.2) is 46.8 Å². The maximum absolute atomic E-state index is 12.9. The highest BCUT2D eigenvalue weighted by molar-refractivity contribution is 7.94. The summed E-state index contributed by atoms with van der Waals surface area (Å²) in [6.45, 7) is 1.73. The molecule has 158 valence electrons. The molecule has 3 aromatic rings. The lowest BCUT2D eigenvalue weighted by Crippen LogP contribution is -2.14. The maximum atomic E-state index is 12.9.